The number of furan rings is 1. The molecule has 0 aliphatic heterocycles. The molecule has 7 nitrogen and oxygen atoms in total. The molecule has 1 aromatic carbocycles. The van der Waals surface area contributed by atoms with Gasteiger partial charge in [0.1, 0.15) is 10.7 Å². The maximum absolute atomic E-state index is 13.2. The molecule has 2 aromatic heterocycles. The molecule has 0 atom stereocenters. The molecule has 0 unspecified atom stereocenters. The summed E-state index contributed by atoms with van der Waals surface area (Å²) in [7, 11) is 0. The van der Waals surface area contributed by atoms with E-state index in [1.807, 2.05) is 0 Å². The van der Waals surface area contributed by atoms with Crippen LogP contribution in [0.2, 0.25) is 0 Å². The summed E-state index contributed by atoms with van der Waals surface area (Å²) < 4.78 is 18.0. The number of amides is 1. The Labute approximate surface area is 132 Å². The van der Waals surface area contributed by atoms with Gasteiger partial charge in [0.15, 0.2) is 10.9 Å². The fraction of sp³-hybridized carbons (Fsp3) is 0. The molecule has 0 saturated heterocycles. The van der Waals surface area contributed by atoms with Crippen LogP contribution in [-0.2, 0) is 0 Å². The lowest BCUT2D eigenvalue weighted by Crippen LogP contribution is -2.10. The number of hydrogen-bond donors (Lipinski definition) is 1. The Balaban J connectivity index is 1.75. The molecule has 0 aliphatic rings. The third-order valence-electron chi connectivity index (χ3n) is 2.84. The fourth-order valence-corrected chi connectivity index (χ4v) is 2.53. The first-order valence-corrected chi connectivity index (χ1v) is 7.18. The van der Waals surface area contributed by atoms with Gasteiger partial charge < -0.3 is 4.42 Å². The van der Waals surface area contributed by atoms with Crippen LogP contribution < -0.4 is 5.32 Å². The number of carbonyl (C=O) groups excluding carboxylic acids is 1. The van der Waals surface area contributed by atoms with E-state index in [2.05, 4.69) is 10.3 Å². The molecule has 2 heterocycles. The maximum Gasteiger partial charge on any atom is 0.433 e. The number of benzene rings is 1. The second-order valence-electron chi connectivity index (χ2n) is 4.40. The van der Waals surface area contributed by atoms with Gasteiger partial charge in [-0.3, -0.25) is 20.2 Å². The van der Waals surface area contributed by atoms with Gasteiger partial charge in [-0.15, -0.1) is 11.3 Å². The van der Waals surface area contributed by atoms with Crippen molar-refractivity contribution in [3.63, 3.8) is 0 Å². The third kappa shape index (κ3) is 3.24. The van der Waals surface area contributed by atoms with Crippen molar-refractivity contribution in [3.8, 4) is 11.3 Å². The molecular formula is C14H8FN3O4S. The van der Waals surface area contributed by atoms with Gasteiger partial charge in [-0.1, -0.05) is 12.1 Å². The van der Waals surface area contributed by atoms with Crippen molar-refractivity contribution in [3.05, 3.63) is 63.5 Å². The highest BCUT2D eigenvalue weighted by molar-refractivity contribution is 7.14. The summed E-state index contributed by atoms with van der Waals surface area (Å²) >= 11 is 1.15. The van der Waals surface area contributed by atoms with E-state index >= 15 is 0 Å². The van der Waals surface area contributed by atoms with Crippen molar-refractivity contribution in [1.82, 2.24) is 4.98 Å². The van der Waals surface area contributed by atoms with Crippen molar-refractivity contribution in [2.75, 3.05) is 5.32 Å². The van der Waals surface area contributed by atoms with Gasteiger partial charge in [-0.05, 0) is 18.2 Å². The van der Waals surface area contributed by atoms with E-state index in [1.54, 1.807) is 17.5 Å². The Morgan fingerprint density at radius 2 is 2.17 bits per heavy atom. The Kier molecular flexibility index (Phi) is 3.85. The number of nitro groups is 1. The maximum atomic E-state index is 13.2. The summed E-state index contributed by atoms with van der Waals surface area (Å²) in [5, 5.41) is 14.9. The Morgan fingerprint density at radius 1 is 1.35 bits per heavy atom. The molecule has 3 rings (SSSR count). The van der Waals surface area contributed by atoms with Gasteiger partial charge >= 0.3 is 5.88 Å². The molecule has 9 heteroatoms. The SMILES string of the molecule is O=C(Nc1nc(-c2cccc(F)c2)cs1)c1ccc([N+](=O)[O-])o1. The number of nitrogens with zero attached hydrogens (tertiary/aromatic N) is 2. The lowest BCUT2D eigenvalue weighted by Gasteiger charge is -1.98. The van der Waals surface area contributed by atoms with Crippen LogP contribution in [0.5, 0.6) is 0 Å². The number of carbonyl (C=O) groups is 1. The summed E-state index contributed by atoms with van der Waals surface area (Å²) in [6, 6.07) is 8.20. The Morgan fingerprint density at radius 3 is 2.87 bits per heavy atom. The van der Waals surface area contributed by atoms with Crippen molar-refractivity contribution >= 4 is 28.3 Å². The molecule has 116 valence electrons. The van der Waals surface area contributed by atoms with Crippen LogP contribution in [0.25, 0.3) is 11.3 Å². The monoisotopic (exact) mass is 333 g/mol. The zero-order valence-corrected chi connectivity index (χ0v) is 12.2. The molecule has 0 spiro atoms. The van der Waals surface area contributed by atoms with E-state index in [1.165, 1.54) is 18.2 Å². The fourth-order valence-electron chi connectivity index (χ4n) is 1.82. The van der Waals surface area contributed by atoms with Gasteiger partial charge in [0, 0.05) is 10.9 Å². The third-order valence-corrected chi connectivity index (χ3v) is 3.60. The molecule has 1 amide bonds. The molecule has 0 fully saturated rings. The van der Waals surface area contributed by atoms with Gasteiger partial charge in [-0.2, -0.15) is 0 Å². The minimum atomic E-state index is -0.734. The molecule has 23 heavy (non-hydrogen) atoms. The van der Waals surface area contributed by atoms with Crippen molar-refractivity contribution in [1.29, 1.82) is 0 Å². The number of thiazole rings is 1. The van der Waals surface area contributed by atoms with E-state index in [4.69, 9.17) is 4.42 Å². The van der Waals surface area contributed by atoms with Crippen molar-refractivity contribution in [2.45, 2.75) is 0 Å². The summed E-state index contributed by atoms with van der Waals surface area (Å²) in [4.78, 5) is 25.9. The number of anilines is 1. The molecule has 0 saturated carbocycles. The van der Waals surface area contributed by atoms with Crippen molar-refractivity contribution in [2.24, 2.45) is 0 Å². The predicted octanol–water partition coefficient (Wildman–Crippen LogP) is 3.70. The van der Waals surface area contributed by atoms with E-state index in [-0.39, 0.29) is 16.7 Å². The lowest BCUT2D eigenvalue weighted by molar-refractivity contribution is -0.402. The number of hydrogen-bond acceptors (Lipinski definition) is 6. The van der Waals surface area contributed by atoms with Crippen LogP contribution in [-0.4, -0.2) is 15.8 Å². The van der Waals surface area contributed by atoms with Crippen molar-refractivity contribution < 1.29 is 18.5 Å². The van der Waals surface area contributed by atoms with Crippen LogP contribution in [0.4, 0.5) is 15.4 Å². The van der Waals surface area contributed by atoms with Gasteiger partial charge in [0.2, 0.25) is 0 Å². The van der Waals surface area contributed by atoms with E-state index in [0.717, 1.165) is 17.4 Å². The van der Waals surface area contributed by atoms with E-state index < -0.39 is 16.7 Å². The molecular weight excluding hydrogens is 325 g/mol. The average Bonchev–Trinajstić information content (AvgIpc) is 3.16. The van der Waals surface area contributed by atoms with Gasteiger partial charge in [0.05, 0.1) is 11.8 Å². The first kappa shape index (κ1) is 14.9. The number of aromatic nitrogens is 1. The zero-order valence-electron chi connectivity index (χ0n) is 11.4. The topological polar surface area (TPSA) is 98.3 Å². The van der Waals surface area contributed by atoms with E-state index in [9.17, 15) is 19.3 Å². The van der Waals surface area contributed by atoms with Crippen LogP contribution >= 0.6 is 11.3 Å². The summed E-state index contributed by atoms with van der Waals surface area (Å²) in [6.45, 7) is 0. The Bertz CT molecular complexity index is 890. The second kappa shape index (κ2) is 5.97. The van der Waals surface area contributed by atoms with Gasteiger partial charge in [0.25, 0.3) is 5.91 Å². The highest BCUT2D eigenvalue weighted by atomic mass is 32.1. The molecule has 3 aromatic rings. The number of nitrogens with one attached hydrogen (secondary N) is 1. The highest BCUT2D eigenvalue weighted by Crippen LogP contribution is 2.26. The minimum Gasteiger partial charge on any atom is -0.395 e. The summed E-state index contributed by atoms with van der Waals surface area (Å²) in [5.74, 6) is -1.75. The minimum absolute atomic E-state index is 0.195. The quantitative estimate of drug-likeness (QED) is 0.580. The number of halogens is 1. The van der Waals surface area contributed by atoms with E-state index in [0.29, 0.717) is 11.3 Å². The van der Waals surface area contributed by atoms with Gasteiger partial charge in [-0.25, -0.2) is 9.37 Å². The predicted molar refractivity (Wildman–Crippen MR) is 80.8 cm³/mol. The zero-order chi connectivity index (χ0) is 16.4. The first-order chi connectivity index (χ1) is 11.0. The normalized spacial score (nSPS) is 10.5. The van der Waals surface area contributed by atoms with Crippen LogP contribution in [0.15, 0.2) is 46.2 Å². The Hall–Kier alpha value is -3.07. The van der Waals surface area contributed by atoms with Crippen LogP contribution in [0, 0.1) is 15.9 Å². The first-order valence-electron chi connectivity index (χ1n) is 6.30. The lowest BCUT2D eigenvalue weighted by atomic mass is 10.2. The standard InChI is InChI=1S/C14H8FN3O4S/c15-9-3-1-2-8(6-9)10-7-23-14(16-10)17-13(19)11-4-5-12(22-11)18(20)21/h1-7H,(H,16,17,19). The molecule has 1 N–H and O–H groups in total. The van der Waals surface area contributed by atoms with Crippen LogP contribution in [0.1, 0.15) is 10.6 Å². The summed E-state index contributed by atoms with van der Waals surface area (Å²) in [6.07, 6.45) is 0. The molecule has 0 radical (unpaired) electrons. The largest absolute Gasteiger partial charge is 0.433 e. The summed E-state index contributed by atoms with van der Waals surface area (Å²) in [5.41, 5.74) is 1.09. The molecule has 0 bridgehead atoms. The van der Waals surface area contributed by atoms with Crippen LogP contribution in [0.3, 0.4) is 0 Å². The number of rotatable bonds is 4. The highest BCUT2D eigenvalue weighted by Gasteiger charge is 2.18. The average molecular weight is 333 g/mol. The second-order valence-corrected chi connectivity index (χ2v) is 5.26. The molecule has 0 aliphatic carbocycles. The smallest absolute Gasteiger partial charge is 0.395 e.